The van der Waals surface area contributed by atoms with Gasteiger partial charge in [-0.1, -0.05) is 0 Å². The maximum Gasteiger partial charge on any atom is 0.257 e. The standard InChI is InChI=1S/C24H28N4O4/c1-17-14-22(18(2)28(17)15-21-4-3-11-32-21)24(30)26-20-7-5-19(6-8-20)25-23(29)16-27-9-12-31-13-10-27/h3-8,11,14H,9-10,12-13,15-16H2,1-2H3,(H,25,29)(H,26,30). The number of aryl methyl sites for hydroxylation is 1. The minimum absolute atomic E-state index is 0.0623. The van der Waals surface area contributed by atoms with Crippen LogP contribution < -0.4 is 10.6 Å². The highest BCUT2D eigenvalue weighted by molar-refractivity contribution is 6.05. The molecule has 2 aromatic heterocycles. The van der Waals surface area contributed by atoms with Crippen molar-refractivity contribution in [2.45, 2.75) is 20.4 Å². The van der Waals surface area contributed by atoms with Crippen molar-refractivity contribution in [3.63, 3.8) is 0 Å². The Kier molecular flexibility index (Phi) is 6.72. The number of furan rings is 1. The van der Waals surface area contributed by atoms with Crippen LogP contribution in [0, 0.1) is 13.8 Å². The van der Waals surface area contributed by atoms with Crippen LogP contribution in [0.15, 0.2) is 53.1 Å². The maximum absolute atomic E-state index is 12.9. The molecule has 1 aliphatic rings. The SMILES string of the molecule is Cc1cc(C(=O)Nc2ccc(NC(=O)CN3CCOCC3)cc2)c(C)n1Cc1ccco1. The number of anilines is 2. The number of hydrogen-bond donors (Lipinski definition) is 2. The normalized spacial score (nSPS) is 14.3. The lowest BCUT2D eigenvalue weighted by molar-refractivity contribution is -0.118. The summed E-state index contributed by atoms with van der Waals surface area (Å²) in [6.45, 7) is 7.67. The highest BCUT2D eigenvalue weighted by atomic mass is 16.5. The molecule has 0 bridgehead atoms. The van der Waals surface area contributed by atoms with Crippen LogP contribution in [-0.2, 0) is 16.1 Å². The molecule has 0 aliphatic carbocycles. The van der Waals surface area contributed by atoms with Gasteiger partial charge < -0.3 is 24.4 Å². The van der Waals surface area contributed by atoms with Gasteiger partial charge in [0.2, 0.25) is 5.91 Å². The van der Waals surface area contributed by atoms with Crippen molar-refractivity contribution in [1.82, 2.24) is 9.47 Å². The minimum Gasteiger partial charge on any atom is -0.467 e. The highest BCUT2D eigenvalue weighted by Gasteiger charge is 2.17. The molecule has 2 amide bonds. The quantitative estimate of drug-likeness (QED) is 0.594. The van der Waals surface area contributed by atoms with Gasteiger partial charge in [-0.15, -0.1) is 0 Å². The Bertz CT molecular complexity index is 1060. The second kappa shape index (κ2) is 9.84. The lowest BCUT2D eigenvalue weighted by Gasteiger charge is -2.25. The molecule has 0 radical (unpaired) electrons. The predicted octanol–water partition coefficient (Wildman–Crippen LogP) is 3.27. The number of benzene rings is 1. The third kappa shape index (κ3) is 5.27. The summed E-state index contributed by atoms with van der Waals surface area (Å²) >= 11 is 0. The van der Waals surface area contributed by atoms with Crippen LogP contribution in [0.3, 0.4) is 0 Å². The van der Waals surface area contributed by atoms with Crippen molar-refractivity contribution >= 4 is 23.2 Å². The van der Waals surface area contributed by atoms with Gasteiger partial charge >= 0.3 is 0 Å². The first-order chi connectivity index (χ1) is 15.5. The fourth-order valence-electron chi connectivity index (χ4n) is 3.83. The van der Waals surface area contributed by atoms with Gasteiger partial charge in [0.1, 0.15) is 5.76 Å². The van der Waals surface area contributed by atoms with Crippen LogP contribution in [0.5, 0.6) is 0 Å². The molecule has 0 atom stereocenters. The molecule has 1 saturated heterocycles. The fourth-order valence-corrected chi connectivity index (χ4v) is 3.83. The van der Waals surface area contributed by atoms with Crippen LogP contribution in [0.2, 0.25) is 0 Å². The third-order valence-electron chi connectivity index (χ3n) is 5.61. The zero-order valence-electron chi connectivity index (χ0n) is 18.4. The molecule has 168 valence electrons. The van der Waals surface area contributed by atoms with E-state index in [9.17, 15) is 9.59 Å². The monoisotopic (exact) mass is 436 g/mol. The van der Waals surface area contributed by atoms with Crippen LogP contribution in [0.1, 0.15) is 27.5 Å². The summed E-state index contributed by atoms with van der Waals surface area (Å²) in [5.41, 5.74) is 3.85. The van der Waals surface area contributed by atoms with Crippen LogP contribution in [-0.4, -0.2) is 54.1 Å². The zero-order valence-corrected chi connectivity index (χ0v) is 18.4. The van der Waals surface area contributed by atoms with E-state index in [-0.39, 0.29) is 11.8 Å². The van der Waals surface area contributed by atoms with Crippen LogP contribution >= 0.6 is 0 Å². The molecular weight excluding hydrogens is 408 g/mol. The molecule has 2 N–H and O–H groups in total. The number of rotatable bonds is 7. The van der Waals surface area contributed by atoms with Crippen LogP contribution in [0.25, 0.3) is 0 Å². The summed E-state index contributed by atoms with van der Waals surface area (Å²) in [4.78, 5) is 27.2. The van der Waals surface area contributed by atoms with Crippen molar-refractivity contribution in [2.24, 2.45) is 0 Å². The Morgan fingerprint density at radius 2 is 1.69 bits per heavy atom. The van der Waals surface area contributed by atoms with E-state index in [1.807, 2.05) is 32.0 Å². The van der Waals surface area contributed by atoms with Crippen molar-refractivity contribution in [3.8, 4) is 0 Å². The number of hydrogen-bond acceptors (Lipinski definition) is 5. The topological polar surface area (TPSA) is 88.7 Å². The summed E-state index contributed by atoms with van der Waals surface area (Å²) in [5, 5.41) is 5.83. The Balaban J connectivity index is 1.35. The molecule has 1 aromatic carbocycles. The molecule has 0 unspecified atom stereocenters. The van der Waals surface area contributed by atoms with Crippen molar-refractivity contribution in [3.05, 3.63) is 71.4 Å². The van der Waals surface area contributed by atoms with Gasteiger partial charge in [0, 0.05) is 35.9 Å². The molecule has 8 heteroatoms. The molecular formula is C24H28N4O4. The lowest BCUT2D eigenvalue weighted by atomic mass is 10.2. The molecule has 3 heterocycles. The second-order valence-corrected chi connectivity index (χ2v) is 7.92. The van der Waals surface area contributed by atoms with Gasteiger partial charge in [-0.3, -0.25) is 14.5 Å². The molecule has 8 nitrogen and oxygen atoms in total. The van der Waals surface area contributed by atoms with Crippen LogP contribution in [0.4, 0.5) is 11.4 Å². The van der Waals surface area contributed by atoms with Crippen molar-refractivity contribution < 1.29 is 18.7 Å². The first-order valence-corrected chi connectivity index (χ1v) is 10.7. The summed E-state index contributed by atoms with van der Waals surface area (Å²) in [7, 11) is 0. The highest BCUT2D eigenvalue weighted by Crippen LogP contribution is 2.20. The van der Waals surface area contributed by atoms with E-state index in [2.05, 4.69) is 20.1 Å². The molecule has 0 spiro atoms. The van der Waals surface area contributed by atoms with Crippen molar-refractivity contribution in [1.29, 1.82) is 0 Å². The van der Waals surface area contributed by atoms with Gasteiger partial charge in [-0.05, 0) is 56.3 Å². The van der Waals surface area contributed by atoms with E-state index in [0.29, 0.717) is 43.2 Å². The predicted molar refractivity (Wildman–Crippen MR) is 122 cm³/mol. The summed E-state index contributed by atoms with van der Waals surface area (Å²) in [6, 6.07) is 12.8. The van der Waals surface area contributed by atoms with E-state index in [1.165, 1.54) is 0 Å². The number of nitrogens with zero attached hydrogens (tertiary/aromatic N) is 2. The van der Waals surface area contributed by atoms with E-state index < -0.39 is 0 Å². The number of amides is 2. The first-order valence-electron chi connectivity index (χ1n) is 10.7. The molecule has 0 saturated carbocycles. The second-order valence-electron chi connectivity index (χ2n) is 7.92. The Hall–Kier alpha value is -3.36. The van der Waals surface area contributed by atoms with Gasteiger partial charge in [-0.2, -0.15) is 0 Å². The summed E-state index contributed by atoms with van der Waals surface area (Å²) in [5.74, 6) is 0.602. The fraction of sp³-hybridized carbons (Fsp3) is 0.333. The Morgan fingerprint density at radius 1 is 1.00 bits per heavy atom. The van der Waals surface area contributed by atoms with Gasteiger partial charge in [0.15, 0.2) is 0 Å². The van der Waals surface area contributed by atoms with E-state index in [1.54, 1.807) is 30.5 Å². The average Bonchev–Trinajstić information content (AvgIpc) is 3.39. The van der Waals surface area contributed by atoms with E-state index in [4.69, 9.17) is 9.15 Å². The molecule has 4 rings (SSSR count). The Labute approximate surface area is 187 Å². The molecule has 3 aromatic rings. The number of carbonyl (C=O) groups excluding carboxylic acids is 2. The Morgan fingerprint density at radius 3 is 2.34 bits per heavy atom. The number of nitrogens with one attached hydrogen (secondary N) is 2. The van der Waals surface area contributed by atoms with Gasteiger partial charge in [-0.25, -0.2) is 0 Å². The number of morpholine rings is 1. The van der Waals surface area contributed by atoms with Gasteiger partial charge in [0.05, 0.1) is 38.1 Å². The zero-order chi connectivity index (χ0) is 22.5. The third-order valence-corrected chi connectivity index (χ3v) is 5.61. The smallest absolute Gasteiger partial charge is 0.257 e. The summed E-state index contributed by atoms with van der Waals surface area (Å²) < 4.78 is 12.8. The average molecular weight is 437 g/mol. The van der Waals surface area contributed by atoms with Crippen molar-refractivity contribution in [2.75, 3.05) is 43.5 Å². The maximum atomic E-state index is 12.9. The number of ether oxygens (including phenoxy) is 1. The minimum atomic E-state index is -0.173. The number of carbonyl (C=O) groups is 2. The van der Waals surface area contributed by atoms with E-state index >= 15 is 0 Å². The molecule has 1 fully saturated rings. The lowest BCUT2D eigenvalue weighted by Crippen LogP contribution is -2.41. The summed E-state index contributed by atoms with van der Waals surface area (Å²) in [6.07, 6.45) is 1.64. The first kappa shape index (κ1) is 21.9. The largest absolute Gasteiger partial charge is 0.467 e. The van der Waals surface area contributed by atoms with Gasteiger partial charge in [0.25, 0.3) is 5.91 Å². The van der Waals surface area contributed by atoms with E-state index in [0.717, 1.165) is 30.2 Å². The molecule has 32 heavy (non-hydrogen) atoms. The molecule has 1 aliphatic heterocycles. The number of aromatic nitrogens is 1.